The third-order valence-corrected chi connectivity index (χ3v) is 5.02. The number of hydrogen-bond acceptors (Lipinski definition) is 2. The van der Waals surface area contributed by atoms with Crippen LogP contribution in [0.2, 0.25) is 0 Å². The first-order chi connectivity index (χ1) is 10.7. The van der Waals surface area contributed by atoms with Crippen LogP contribution in [0.4, 0.5) is 0 Å². The van der Waals surface area contributed by atoms with Crippen molar-refractivity contribution in [1.29, 1.82) is 0 Å². The number of nitrogens with zero attached hydrogens (tertiary/aromatic N) is 2. The second-order valence-electron chi connectivity index (χ2n) is 6.51. The molecule has 1 N–H and O–H groups in total. The van der Waals surface area contributed by atoms with Gasteiger partial charge in [0.15, 0.2) is 5.96 Å². The number of likely N-dealkylation sites (tertiary alicyclic amines) is 1. The van der Waals surface area contributed by atoms with Crippen LogP contribution in [0.5, 0.6) is 5.75 Å². The molecule has 1 aliphatic heterocycles. The minimum absolute atomic E-state index is 0.604. The molecule has 120 valence electrons. The van der Waals surface area contributed by atoms with Gasteiger partial charge in [0.1, 0.15) is 5.75 Å². The Hall–Kier alpha value is -1.71. The number of rotatable bonds is 4. The van der Waals surface area contributed by atoms with Crippen LogP contribution in [0.1, 0.15) is 38.2 Å². The number of guanidine groups is 1. The maximum Gasteiger partial charge on any atom is 0.193 e. The Labute approximate surface area is 133 Å². The second-order valence-corrected chi connectivity index (χ2v) is 6.51. The van der Waals surface area contributed by atoms with Crippen molar-refractivity contribution in [3.8, 4) is 5.75 Å². The summed E-state index contributed by atoms with van der Waals surface area (Å²) in [7, 11) is 1.88. The van der Waals surface area contributed by atoms with Crippen molar-refractivity contribution in [2.45, 2.75) is 39.2 Å². The summed E-state index contributed by atoms with van der Waals surface area (Å²) in [5, 5.41) is 3.50. The summed E-state index contributed by atoms with van der Waals surface area (Å²) in [4.78, 5) is 6.89. The van der Waals surface area contributed by atoms with Gasteiger partial charge in [-0.25, -0.2) is 0 Å². The van der Waals surface area contributed by atoms with Crippen molar-refractivity contribution < 1.29 is 4.74 Å². The molecule has 0 atom stereocenters. The molecule has 0 unspecified atom stereocenters. The Morgan fingerprint density at radius 3 is 2.86 bits per heavy atom. The van der Waals surface area contributed by atoms with Crippen molar-refractivity contribution in [1.82, 2.24) is 10.2 Å². The lowest BCUT2D eigenvalue weighted by atomic mass is 9.68. The molecule has 1 aromatic rings. The van der Waals surface area contributed by atoms with Crippen molar-refractivity contribution >= 4 is 5.96 Å². The minimum Gasteiger partial charge on any atom is -0.494 e. The zero-order valence-corrected chi connectivity index (χ0v) is 13.8. The monoisotopic (exact) mass is 301 g/mol. The standard InChI is InChI=1S/C18H27N3O/c1-3-22-16-7-4-6-15(12-16)13-20-17(19-2)21-11-10-18(14-21)8-5-9-18/h4,6-7,12H,3,5,8-11,13-14H2,1-2H3,(H,19,20). The molecular formula is C18H27N3O. The molecule has 1 saturated carbocycles. The van der Waals surface area contributed by atoms with Crippen LogP contribution in [0.3, 0.4) is 0 Å². The van der Waals surface area contributed by atoms with E-state index in [1.807, 2.05) is 26.1 Å². The molecule has 1 spiro atoms. The van der Waals surface area contributed by atoms with Gasteiger partial charge in [-0.05, 0) is 49.3 Å². The molecule has 0 radical (unpaired) electrons. The molecule has 22 heavy (non-hydrogen) atoms. The summed E-state index contributed by atoms with van der Waals surface area (Å²) in [6, 6.07) is 8.27. The largest absolute Gasteiger partial charge is 0.494 e. The molecule has 1 aromatic carbocycles. The predicted octanol–water partition coefficient (Wildman–Crippen LogP) is 3.04. The Balaban J connectivity index is 1.56. The van der Waals surface area contributed by atoms with E-state index < -0.39 is 0 Å². The zero-order chi connectivity index (χ0) is 15.4. The summed E-state index contributed by atoms with van der Waals surface area (Å²) >= 11 is 0. The summed E-state index contributed by atoms with van der Waals surface area (Å²) in [5.74, 6) is 1.97. The SMILES string of the molecule is CCOc1cccc(CNC(=NC)N2CCC3(CCC3)C2)c1. The van der Waals surface area contributed by atoms with Crippen LogP contribution in [0.25, 0.3) is 0 Å². The lowest BCUT2D eigenvalue weighted by molar-refractivity contribution is 0.151. The van der Waals surface area contributed by atoms with Crippen LogP contribution in [-0.4, -0.2) is 37.6 Å². The smallest absolute Gasteiger partial charge is 0.193 e. The quantitative estimate of drug-likeness (QED) is 0.686. The van der Waals surface area contributed by atoms with Crippen molar-refractivity contribution in [3.05, 3.63) is 29.8 Å². The first kappa shape index (κ1) is 15.2. The average Bonchev–Trinajstić information content (AvgIpc) is 2.94. The molecule has 4 heteroatoms. The van der Waals surface area contributed by atoms with Crippen molar-refractivity contribution in [2.24, 2.45) is 10.4 Å². The van der Waals surface area contributed by atoms with Crippen molar-refractivity contribution in [2.75, 3.05) is 26.7 Å². The molecule has 1 heterocycles. The molecule has 0 amide bonds. The average molecular weight is 301 g/mol. The summed E-state index contributed by atoms with van der Waals surface area (Å²) in [6.45, 7) is 5.81. The Kier molecular flexibility index (Phi) is 4.55. The maximum absolute atomic E-state index is 5.56. The lowest BCUT2D eigenvalue weighted by Gasteiger charge is -2.38. The highest BCUT2D eigenvalue weighted by molar-refractivity contribution is 5.80. The topological polar surface area (TPSA) is 36.9 Å². The van der Waals surface area contributed by atoms with Gasteiger partial charge in [0, 0.05) is 26.7 Å². The highest BCUT2D eigenvalue weighted by Crippen LogP contribution is 2.47. The highest BCUT2D eigenvalue weighted by atomic mass is 16.5. The predicted molar refractivity (Wildman–Crippen MR) is 90.3 cm³/mol. The molecule has 2 aliphatic rings. The molecule has 0 aromatic heterocycles. The number of ether oxygens (including phenoxy) is 1. The molecular weight excluding hydrogens is 274 g/mol. The van der Waals surface area contributed by atoms with E-state index in [4.69, 9.17) is 4.74 Å². The van der Waals surface area contributed by atoms with Gasteiger partial charge in [-0.1, -0.05) is 18.6 Å². The maximum atomic E-state index is 5.56. The fourth-order valence-electron chi connectivity index (χ4n) is 3.63. The van der Waals surface area contributed by atoms with Crippen LogP contribution >= 0.6 is 0 Å². The summed E-state index contributed by atoms with van der Waals surface area (Å²) in [5.41, 5.74) is 1.83. The number of benzene rings is 1. The zero-order valence-electron chi connectivity index (χ0n) is 13.8. The van der Waals surface area contributed by atoms with Crippen LogP contribution in [0.15, 0.2) is 29.3 Å². The van der Waals surface area contributed by atoms with E-state index in [0.29, 0.717) is 12.0 Å². The molecule has 2 fully saturated rings. The van der Waals surface area contributed by atoms with Gasteiger partial charge in [-0.3, -0.25) is 4.99 Å². The van der Waals surface area contributed by atoms with Gasteiger partial charge < -0.3 is 15.0 Å². The van der Waals surface area contributed by atoms with E-state index in [0.717, 1.165) is 24.8 Å². The molecule has 4 nitrogen and oxygen atoms in total. The molecule has 1 aliphatic carbocycles. The fraction of sp³-hybridized carbons (Fsp3) is 0.611. The summed E-state index contributed by atoms with van der Waals surface area (Å²) in [6.07, 6.45) is 5.53. The molecule has 3 rings (SSSR count). The first-order valence-electron chi connectivity index (χ1n) is 8.42. The van der Waals surface area contributed by atoms with Gasteiger partial charge in [0.2, 0.25) is 0 Å². The van der Waals surface area contributed by atoms with E-state index in [-0.39, 0.29) is 0 Å². The van der Waals surface area contributed by atoms with Gasteiger partial charge in [-0.15, -0.1) is 0 Å². The van der Waals surface area contributed by atoms with E-state index in [1.54, 1.807) is 0 Å². The molecule has 1 saturated heterocycles. The Bertz CT molecular complexity index is 537. The van der Waals surface area contributed by atoms with E-state index in [9.17, 15) is 0 Å². The number of hydrogen-bond donors (Lipinski definition) is 1. The van der Waals surface area contributed by atoms with Crippen LogP contribution in [-0.2, 0) is 6.54 Å². The molecule has 0 bridgehead atoms. The third kappa shape index (κ3) is 3.21. The third-order valence-electron chi connectivity index (χ3n) is 5.02. The highest BCUT2D eigenvalue weighted by Gasteiger charge is 2.43. The lowest BCUT2D eigenvalue weighted by Crippen LogP contribution is -2.42. The number of nitrogens with one attached hydrogen (secondary N) is 1. The normalized spacial score (nSPS) is 20.1. The second kappa shape index (κ2) is 6.59. The van der Waals surface area contributed by atoms with E-state index in [2.05, 4.69) is 27.3 Å². The Morgan fingerprint density at radius 2 is 2.23 bits per heavy atom. The first-order valence-corrected chi connectivity index (χ1v) is 8.42. The summed E-state index contributed by atoms with van der Waals surface area (Å²) < 4.78 is 5.56. The minimum atomic E-state index is 0.604. The van der Waals surface area contributed by atoms with E-state index >= 15 is 0 Å². The van der Waals surface area contributed by atoms with Gasteiger partial charge in [-0.2, -0.15) is 0 Å². The van der Waals surface area contributed by atoms with Crippen molar-refractivity contribution in [3.63, 3.8) is 0 Å². The van der Waals surface area contributed by atoms with Crippen LogP contribution in [0, 0.1) is 5.41 Å². The van der Waals surface area contributed by atoms with Gasteiger partial charge in [0.05, 0.1) is 6.61 Å². The van der Waals surface area contributed by atoms with Crippen LogP contribution < -0.4 is 10.1 Å². The van der Waals surface area contributed by atoms with Gasteiger partial charge >= 0.3 is 0 Å². The Morgan fingerprint density at radius 1 is 1.36 bits per heavy atom. The fourth-order valence-corrected chi connectivity index (χ4v) is 3.63. The van der Waals surface area contributed by atoms with Gasteiger partial charge in [0.25, 0.3) is 0 Å². The number of aliphatic imine (C=N–C) groups is 1. The van der Waals surface area contributed by atoms with E-state index in [1.165, 1.54) is 37.8 Å².